The molecule has 0 saturated heterocycles. The summed E-state index contributed by atoms with van der Waals surface area (Å²) < 4.78 is 42.9. The predicted molar refractivity (Wildman–Crippen MR) is 211 cm³/mol. The molecule has 6 rings (SSSR count). The molecule has 0 unspecified atom stereocenters. The molecular formula is C45H36O12. The Morgan fingerprint density at radius 3 is 1.32 bits per heavy atom. The maximum atomic E-state index is 12.6. The molecule has 0 atom stereocenters. The van der Waals surface area contributed by atoms with Gasteiger partial charge in [-0.3, -0.25) is 9.59 Å². The van der Waals surface area contributed by atoms with Crippen molar-refractivity contribution in [2.45, 2.75) is 6.42 Å². The number of fused-ring (bicyclic) bond motifs is 2. The van der Waals surface area contributed by atoms with Crippen LogP contribution in [0.1, 0.15) is 28.7 Å². The third-order valence-electron chi connectivity index (χ3n) is 8.13. The number of benzene rings is 4. The van der Waals surface area contributed by atoms with E-state index >= 15 is 0 Å². The molecular weight excluding hydrogens is 732 g/mol. The van der Waals surface area contributed by atoms with Gasteiger partial charge in [0.1, 0.15) is 0 Å². The van der Waals surface area contributed by atoms with Crippen LogP contribution >= 0.6 is 0 Å². The van der Waals surface area contributed by atoms with Gasteiger partial charge >= 0.3 is 11.9 Å². The molecule has 4 aromatic carbocycles. The van der Waals surface area contributed by atoms with Crippen LogP contribution in [-0.2, 0) is 19.2 Å². The molecule has 0 spiro atoms. The Morgan fingerprint density at radius 2 is 0.877 bits per heavy atom. The van der Waals surface area contributed by atoms with Crippen LogP contribution < -0.4 is 37.9 Å². The minimum Gasteiger partial charge on any atom is -0.493 e. The van der Waals surface area contributed by atoms with Gasteiger partial charge in [0.05, 0.1) is 20.6 Å². The van der Waals surface area contributed by atoms with Crippen LogP contribution in [-0.4, -0.2) is 51.3 Å². The van der Waals surface area contributed by atoms with Crippen molar-refractivity contribution >= 4 is 47.8 Å². The molecule has 2 aliphatic heterocycles. The van der Waals surface area contributed by atoms with Crippen molar-refractivity contribution < 1.29 is 57.1 Å². The summed E-state index contributed by atoms with van der Waals surface area (Å²) in [7, 11) is 2.86. The molecule has 2 aliphatic rings. The smallest absolute Gasteiger partial charge is 0.336 e. The van der Waals surface area contributed by atoms with Gasteiger partial charge in [-0.1, -0.05) is 72.9 Å². The van der Waals surface area contributed by atoms with Crippen LogP contribution in [0.4, 0.5) is 0 Å². The first-order valence-electron chi connectivity index (χ1n) is 17.5. The van der Waals surface area contributed by atoms with E-state index < -0.39 is 23.5 Å². The highest BCUT2D eigenvalue weighted by Crippen LogP contribution is 2.34. The summed E-state index contributed by atoms with van der Waals surface area (Å²) in [6.07, 6.45) is 17.9. The molecule has 12 nitrogen and oxygen atoms in total. The maximum absolute atomic E-state index is 12.6. The molecule has 0 aliphatic carbocycles. The van der Waals surface area contributed by atoms with Crippen molar-refractivity contribution in [1.29, 1.82) is 0 Å². The second-order valence-electron chi connectivity index (χ2n) is 12.1. The lowest BCUT2D eigenvalue weighted by Gasteiger charge is -2.08. The molecule has 12 heteroatoms. The highest BCUT2D eigenvalue weighted by atomic mass is 16.7. The van der Waals surface area contributed by atoms with E-state index in [9.17, 15) is 19.2 Å². The number of allylic oxidation sites excluding steroid dienone is 6. The van der Waals surface area contributed by atoms with Crippen molar-refractivity contribution in [1.82, 2.24) is 0 Å². The number of hydrogen-bond acceptors (Lipinski definition) is 12. The Balaban J connectivity index is 0.952. The fourth-order valence-corrected chi connectivity index (χ4v) is 5.33. The van der Waals surface area contributed by atoms with Gasteiger partial charge in [-0.15, -0.1) is 0 Å². The Kier molecular flexibility index (Phi) is 13.1. The molecule has 0 saturated carbocycles. The molecule has 2 heterocycles. The topological polar surface area (TPSA) is 142 Å². The third kappa shape index (κ3) is 11.2. The lowest BCUT2D eigenvalue weighted by molar-refractivity contribution is -0.130. The fourth-order valence-electron chi connectivity index (χ4n) is 5.33. The van der Waals surface area contributed by atoms with Gasteiger partial charge in [0.25, 0.3) is 0 Å². The second-order valence-corrected chi connectivity index (χ2v) is 12.1. The first-order chi connectivity index (χ1) is 27.8. The first kappa shape index (κ1) is 39.1. The summed E-state index contributed by atoms with van der Waals surface area (Å²) in [5, 5.41) is 0. The molecule has 4 aromatic rings. The van der Waals surface area contributed by atoms with E-state index in [1.54, 1.807) is 72.9 Å². The second kappa shape index (κ2) is 19.1. The van der Waals surface area contributed by atoms with Gasteiger partial charge in [-0.25, -0.2) is 9.59 Å². The molecule has 0 radical (unpaired) electrons. The lowest BCUT2D eigenvalue weighted by atomic mass is 10.1. The van der Waals surface area contributed by atoms with Gasteiger partial charge in [0.2, 0.25) is 13.6 Å². The molecule has 0 aromatic heterocycles. The van der Waals surface area contributed by atoms with Crippen LogP contribution in [0, 0.1) is 0 Å². The van der Waals surface area contributed by atoms with Crippen molar-refractivity contribution in [2.75, 3.05) is 27.8 Å². The number of carbonyl (C=O) groups excluding carboxylic acids is 4. The Morgan fingerprint density at radius 1 is 0.474 bits per heavy atom. The van der Waals surface area contributed by atoms with Crippen molar-refractivity contribution in [2.24, 2.45) is 0 Å². The lowest BCUT2D eigenvalue weighted by Crippen LogP contribution is -2.05. The maximum Gasteiger partial charge on any atom is 0.336 e. The van der Waals surface area contributed by atoms with E-state index in [-0.39, 0.29) is 43.0 Å². The van der Waals surface area contributed by atoms with E-state index in [2.05, 4.69) is 0 Å². The van der Waals surface area contributed by atoms with Crippen molar-refractivity contribution in [3.05, 3.63) is 144 Å². The number of esters is 2. The zero-order valence-corrected chi connectivity index (χ0v) is 30.9. The molecule has 0 N–H and O–H groups in total. The Bertz CT molecular complexity index is 2180. The minimum atomic E-state index is -0.612. The van der Waals surface area contributed by atoms with Gasteiger partial charge in [-0.05, 0) is 82.9 Å². The van der Waals surface area contributed by atoms with E-state index in [0.717, 1.165) is 11.1 Å². The number of rotatable bonds is 16. The summed E-state index contributed by atoms with van der Waals surface area (Å²) >= 11 is 0. The Hall–Kier alpha value is -7.60. The average molecular weight is 769 g/mol. The van der Waals surface area contributed by atoms with Crippen molar-refractivity contribution in [3.8, 4) is 46.0 Å². The van der Waals surface area contributed by atoms with Gasteiger partial charge in [0.15, 0.2) is 57.6 Å². The highest BCUT2D eigenvalue weighted by molar-refractivity contribution is 6.11. The normalized spacial score (nSPS) is 13.1. The standard InChI is InChI=1S/C45H36O12/c1-50-40-23-32(15-21-38(40)56-44(48)9-5-3-7-30-13-19-36-42(25-30)54-28-52-36)11-17-34(46)27-35(47)18-12-33-16-22-39(41(24-33)51-2)57-45(49)10-6-4-8-31-14-20-37-43(26-31)55-29-53-37/h3-26H,27-29H2,1-2H3/b7-3+,8-4+,9-5+,10-6+,17-11+,18-12+. The van der Waals surface area contributed by atoms with Crippen LogP contribution in [0.25, 0.3) is 24.3 Å². The molecule has 0 fully saturated rings. The van der Waals surface area contributed by atoms with E-state index in [0.29, 0.717) is 34.1 Å². The third-order valence-corrected chi connectivity index (χ3v) is 8.13. The zero-order valence-electron chi connectivity index (χ0n) is 30.9. The largest absolute Gasteiger partial charge is 0.493 e. The first-order valence-corrected chi connectivity index (χ1v) is 17.5. The number of hydrogen-bond donors (Lipinski definition) is 0. The monoisotopic (exact) mass is 768 g/mol. The van der Waals surface area contributed by atoms with E-state index in [1.165, 1.54) is 50.7 Å². The van der Waals surface area contributed by atoms with Crippen LogP contribution in [0.3, 0.4) is 0 Å². The van der Waals surface area contributed by atoms with Crippen LogP contribution in [0.2, 0.25) is 0 Å². The zero-order chi connectivity index (χ0) is 40.0. The summed E-state index contributed by atoms with van der Waals surface area (Å²) in [5.74, 6) is 1.57. The average Bonchev–Trinajstić information content (AvgIpc) is 3.90. The number of methoxy groups -OCH3 is 2. The van der Waals surface area contributed by atoms with Gasteiger partial charge in [-0.2, -0.15) is 0 Å². The quantitative estimate of drug-likeness (QED) is 0.0361. The molecule has 288 valence electrons. The molecule has 57 heavy (non-hydrogen) atoms. The summed E-state index contributed by atoms with van der Waals surface area (Å²) in [6, 6.07) is 20.6. The minimum absolute atomic E-state index is 0.191. The van der Waals surface area contributed by atoms with Gasteiger partial charge in [0, 0.05) is 12.2 Å². The summed E-state index contributed by atoms with van der Waals surface area (Å²) in [4.78, 5) is 50.0. The van der Waals surface area contributed by atoms with Crippen LogP contribution in [0.15, 0.2) is 121 Å². The van der Waals surface area contributed by atoms with Crippen LogP contribution in [0.5, 0.6) is 46.0 Å². The molecule has 0 amide bonds. The summed E-state index contributed by atoms with van der Waals surface area (Å²) in [6.45, 7) is 0.382. The Labute approximate surface area is 328 Å². The van der Waals surface area contributed by atoms with E-state index in [4.69, 9.17) is 37.9 Å². The van der Waals surface area contributed by atoms with Gasteiger partial charge < -0.3 is 37.9 Å². The number of ketones is 2. The van der Waals surface area contributed by atoms with Crippen molar-refractivity contribution in [3.63, 3.8) is 0 Å². The predicted octanol–water partition coefficient (Wildman–Crippen LogP) is 7.77. The fraction of sp³-hybridized carbons (Fsp3) is 0.111. The highest BCUT2D eigenvalue weighted by Gasteiger charge is 2.14. The number of ether oxygens (including phenoxy) is 8. The number of carbonyl (C=O) groups is 4. The van der Waals surface area contributed by atoms with E-state index in [1.807, 2.05) is 36.4 Å². The summed E-state index contributed by atoms with van der Waals surface area (Å²) in [5.41, 5.74) is 2.93. The SMILES string of the molecule is COc1cc(/C=C/C(=O)CC(=O)/C=C/c2ccc(OC(=O)/C=C/C=C/c3ccc4c(c3)OCO4)c(OC)c2)ccc1OC(=O)/C=C/C=C/c1ccc2c(c1)OCO2. The molecule has 0 bridgehead atoms.